The molecule has 136 valence electrons. The average Bonchev–Trinajstić information content (AvgIpc) is 3.17. The molecule has 1 atom stereocenters. The summed E-state index contributed by atoms with van der Waals surface area (Å²) in [7, 11) is 0. The summed E-state index contributed by atoms with van der Waals surface area (Å²) >= 11 is 0. The molecule has 3 heterocycles. The van der Waals surface area contributed by atoms with Crippen molar-refractivity contribution >= 4 is 0 Å². The summed E-state index contributed by atoms with van der Waals surface area (Å²) < 4.78 is 8.51. The molecule has 0 aliphatic carbocycles. The van der Waals surface area contributed by atoms with E-state index in [2.05, 4.69) is 10.5 Å². The molecule has 0 amide bonds. The second-order valence-electron chi connectivity index (χ2n) is 6.82. The van der Waals surface area contributed by atoms with Crippen molar-refractivity contribution in [1.82, 2.24) is 24.8 Å². The zero-order chi connectivity index (χ0) is 18.1. The van der Waals surface area contributed by atoms with Crippen molar-refractivity contribution in [2.24, 2.45) is 0 Å². The second-order valence-corrected chi connectivity index (χ2v) is 6.82. The molecular weight excluding hydrogens is 330 g/mol. The molecule has 7 nitrogen and oxygen atoms in total. The van der Waals surface area contributed by atoms with E-state index in [9.17, 15) is 4.79 Å². The van der Waals surface area contributed by atoms with E-state index < -0.39 is 0 Å². The lowest BCUT2D eigenvalue weighted by Gasteiger charge is -2.22. The molecule has 7 heteroatoms. The van der Waals surface area contributed by atoms with Crippen LogP contribution in [-0.4, -0.2) is 32.6 Å². The van der Waals surface area contributed by atoms with Gasteiger partial charge in [-0.15, -0.1) is 0 Å². The number of hydrogen-bond acceptors (Lipinski definition) is 5. The minimum atomic E-state index is -0.128. The molecule has 0 saturated carbocycles. The average molecular weight is 353 g/mol. The summed E-state index contributed by atoms with van der Waals surface area (Å²) in [4.78, 5) is 13.2. The molecule has 1 aliphatic rings. The third-order valence-corrected chi connectivity index (χ3v) is 5.03. The van der Waals surface area contributed by atoms with Crippen molar-refractivity contribution in [2.45, 2.75) is 39.2 Å². The van der Waals surface area contributed by atoms with Crippen LogP contribution in [0.2, 0.25) is 0 Å². The highest BCUT2D eigenvalue weighted by molar-refractivity contribution is 5.33. The Morgan fingerprint density at radius 2 is 2.08 bits per heavy atom. The van der Waals surface area contributed by atoms with Gasteiger partial charge in [0.05, 0.1) is 17.9 Å². The lowest BCUT2D eigenvalue weighted by Crippen LogP contribution is -2.31. The van der Waals surface area contributed by atoms with Gasteiger partial charge in [-0.2, -0.15) is 5.10 Å². The zero-order valence-electron chi connectivity index (χ0n) is 15.1. The SMILES string of the molecule is Cc1noc(C)c1Cn1nc([C@@H]2CCCNC2)n(-c2ccccc2)c1=O. The largest absolute Gasteiger partial charge is 0.361 e. The van der Waals surface area contributed by atoms with Gasteiger partial charge in [-0.3, -0.25) is 0 Å². The first-order valence-electron chi connectivity index (χ1n) is 9.03. The van der Waals surface area contributed by atoms with E-state index in [4.69, 9.17) is 9.62 Å². The Hall–Kier alpha value is -2.67. The summed E-state index contributed by atoms with van der Waals surface area (Å²) in [6, 6.07) is 9.73. The Kier molecular flexibility index (Phi) is 4.46. The van der Waals surface area contributed by atoms with Crippen LogP contribution >= 0.6 is 0 Å². The van der Waals surface area contributed by atoms with E-state index in [0.29, 0.717) is 6.54 Å². The van der Waals surface area contributed by atoms with Gasteiger partial charge >= 0.3 is 5.69 Å². The van der Waals surface area contributed by atoms with Crippen molar-refractivity contribution < 1.29 is 4.52 Å². The molecule has 4 rings (SSSR count). The number of benzene rings is 1. The molecule has 1 aliphatic heterocycles. The van der Waals surface area contributed by atoms with Crippen LogP contribution in [0.4, 0.5) is 0 Å². The number of para-hydroxylation sites is 1. The van der Waals surface area contributed by atoms with Crippen LogP contribution in [0.25, 0.3) is 5.69 Å². The summed E-state index contributed by atoms with van der Waals surface area (Å²) in [6.45, 7) is 5.98. The topological polar surface area (TPSA) is 77.9 Å². The van der Waals surface area contributed by atoms with Gasteiger partial charge in [0, 0.05) is 18.0 Å². The highest BCUT2D eigenvalue weighted by Crippen LogP contribution is 2.23. The lowest BCUT2D eigenvalue weighted by atomic mass is 9.99. The summed E-state index contributed by atoms with van der Waals surface area (Å²) in [5.74, 6) is 1.77. The molecule has 1 saturated heterocycles. The Morgan fingerprint density at radius 1 is 1.27 bits per heavy atom. The number of nitrogens with zero attached hydrogens (tertiary/aromatic N) is 4. The maximum atomic E-state index is 13.2. The molecule has 0 unspecified atom stereocenters. The summed E-state index contributed by atoms with van der Waals surface area (Å²) in [6.07, 6.45) is 2.12. The Labute approximate surface area is 151 Å². The number of rotatable bonds is 4. The summed E-state index contributed by atoms with van der Waals surface area (Å²) in [5.41, 5.74) is 2.43. The van der Waals surface area contributed by atoms with Crippen LogP contribution < -0.4 is 11.0 Å². The van der Waals surface area contributed by atoms with E-state index in [1.807, 2.05) is 44.2 Å². The number of nitrogens with one attached hydrogen (secondary N) is 1. The van der Waals surface area contributed by atoms with Crippen molar-refractivity contribution in [2.75, 3.05) is 13.1 Å². The van der Waals surface area contributed by atoms with Crippen LogP contribution in [0.5, 0.6) is 0 Å². The highest BCUT2D eigenvalue weighted by Gasteiger charge is 2.25. The van der Waals surface area contributed by atoms with Crippen molar-refractivity contribution in [3.8, 4) is 5.69 Å². The van der Waals surface area contributed by atoms with Gasteiger partial charge in [-0.05, 0) is 45.4 Å². The molecule has 1 N–H and O–H groups in total. The maximum absolute atomic E-state index is 13.2. The van der Waals surface area contributed by atoms with Gasteiger partial charge in [0.15, 0.2) is 0 Å². The van der Waals surface area contributed by atoms with Gasteiger partial charge in [-0.1, -0.05) is 23.4 Å². The first-order chi connectivity index (χ1) is 12.6. The molecule has 0 bridgehead atoms. The first kappa shape index (κ1) is 16.8. The molecule has 3 aromatic rings. The molecular formula is C19H23N5O2. The minimum absolute atomic E-state index is 0.128. The number of aryl methyl sites for hydroxylation is 2. The maximum Gasteiger partial charge on any atom is 0.350 e. The Balaban J connectivity index is 1.81. The smallest absolute Gasteiger partial charge is 0.350 e. The first-order valence-corrected chi connectivity index (χ1v) is 9.03. The standard InChI is InChI=1S/C19H23N5O2/c1-13-17(14(2)26-22-13)12-23-19(25)24(16-8-4-3-5-9-16)18(21-23)15-7-6-10-20-11-15/h3-5,8-9,15,20H,6-7,10-12H2,1-2H3/t15-/m1/s1. The van der Waals surface area contributed by atoms with Gasteiger partial charge in [0.25, 0.3) is 0 Å². The van der Waals surface area contributed by atoms with Crippen molar-refractivity contribution in [3.63, 3.8) is 0 Å². The predicted molar refractivity (Wildman–Crippen MR) is 97.7 cm³/mol. The minimum Gasteiger partial charge on any atom is -0.361 e. The van der Waals surface area contributed by atoms with E-state index in [1.54, 1.807) is 4.57 Å². The quantitative estimate of drug-likeness (QED) is 0.778. The molecule has 0 radical (unpaired) electrons. The van der Waals surface area contributed by atoms with Crippen LogP contribution in [0.1, 0.15) is 41.6 Å². The molecule has 26 heavy (non-hydrogen) atoms. The second kappa shape index (κ2) is 6.92. The van der Waals surface area contributed by atoms with Gasteiger partial charge in [0.2, 0.25) is 0 Å². The molecule has 1 aromatic carbocycles. The van der Waals surface area contributed by atoms with Crippen LogP contribution in [0.3, 0.4) is 0 Å². The molecule has 0 spiro atoms. The van der Waals surface area contributed by atoms with E-state index >= 15 is 0 Å². The number of aromatic nitrogens is 4. The zero-order valence-corrected chi connectivity index (χ0v) is 15.1. The Bertz CT molecular complexity index is 929. The fourth-order valence-electron chi connectivity index (χ4n) is 3.56. The fraction of sp³-hybridized carbons (Fsp3) is 0.421. The van der Waals surface area contributed by atoms with Gasteiger partial charge < -0.3 is 9.84 Å². The fourth-order valence-corrected chi connectivity index (χ4v) is 3.56. The highest BCUT2D eigenvalue weighted by atomic mass is 16.5. The molecule has 1 fully saturated rings. The van der Waals surface area contributed by atoms with Crippen molar-refractivity contribution in [3.05, 3.63) is 63.7 Å². The van der Waals surface area contributed by atoms with E-state index in [1.165, 1.54) is 4.68 Å². The van der Waals surface area contributed by atoms with Crippen LogP contribution in [-0.2, 0) is 6.54 Å². The van der Waals surface area contributed by atoms with Crippen LogP contribution in [0, 0.1) is 13.8 Å². The number of hydrogen-bond donors (Lipinski definition) is 1. The normalized spacial score (nSPS) is 17.5. The third kappa shape index (κ3) is 2.99. The van der Waals surface area contributed by atoms with Gasteiger partial charge in [0.1, 0.15) is 11.6 Å². The monoisotopic (exact) mass is 353 g/mol. The predicted octanol–water partition coefficient (Wildman–Crippen LogP) is 2.15. The number of piperidine rings is 1. The summed E-state index contributed by atoms with van der Waals surface area (Å²) in [5, 5.41) is 12.1. The van der Waals surface area contributed by atoms with Crippen molar-refractivity contribution in [1.29, 1.82) is 0 Å². The Morgan fingerprint density at radius 3 is 2.73 bits per heavy atom. The van der Waals surface area contributed by atoms with Gasteiger partial charge in [-0.25, -0.2) is 14.0 Å². The third-order valence-electron chi connectivity index (χ3n) is 5.03. The lowest BCUT2D eigenvalue weighted by molar-refractivity contribution is 0.391. The van der Waals surface area contributed by atoms with E-state index in [0.717, 1.165) is 54.5 Å². The van der Waals surface area contributed by atoms with Crippen LogP contribution in [0.15, 0.2) is 39.6 Å². The van der Waals surface area contributed by atoms with E-state index in [-0.39, 0.29) is 11.6 Å². The molecule has 2 aromatic heterocycles.